The van der Waals surface area contributed by atoms with Crippen molar-refractivity contribution in [3.05, 3.63) is 34.9 Å². The van der Waals surface area contributed by atoms with Crippen LogP contribution in [0, 0.1) is 0 Å². The molecule has 0 radical (unpaired) electrons. The Hall–Kier alpha value is -0.610. The largest absolute Gasteiger partial charge is 0.309 e. The molecule has 13 heavy (non-hydrogen) atoms. The third-order valence-corrected chi connectivity index (χ3v) is 3.13. The SMILES string of the molecule is CC(c1ccc(Cl)cc1)S(=O)(=O)F. The predicted octanol–water partition coefficient (Wildman–Crippen LogP) is 2.70. The van der Waals surface area contributed by atoms with Gasteiger partial charge in [-0.15, -0.1) is 3.89 Å². The third-order valence-electron chi connectivity index (χ3n) is 1.76. The molecule has 0 spiro atoms. The maximum Gasteiger partial charge on any atom is 0.309 e. The zero-order valence-electron chi connectivity index (χ0n) is 6.87. The highest BCUT2D eigenvalue weighted by atomic mass is 35.5. The van der Waals surface area contributed by atoms with E-state index in [0.29, 0.717) is 10.6 Å². The molecule has 0 saturated carbocycles. The molecule has 5 heteroatoms. The molecule has 72 valence electrons. The van der Waals surface area contributed by atoms with Crippen molar-refractivity contribution in [3.8, 4) is 0 Å². The van der Waals surface area contributed by atoms with Gasteiger partial charge in [-0.05, 0) is 24.6 Å². The van der Waals surface area contributed by atoms with Crippen LogP contribution in [0.15, 0.2) is 24.3 Å². The van der Waals surface area contributed by atoms with E-state index in [1.54, 1.807) is 0 Å². The van der Waals surface area contributed by atoms with Crippen LogP contribution >= 0.6 is 11.6 Å². The van der Waals surface area contributed by atoms with Gasteiger partial charge in [0.15, 0.2) is 0 Å². The number of hydrogen-bond acceptors (Lipinski definition) is 2. The number of benzene rings is 1. The lowest BCUT2D eigenvalue weighted by Crippen LogP contribution is -2.03. The van der Waals surface area contributed by atoms with Crippen molar-refractivity contribution < 1.29 is 12.3 Å². The Morgan fingerprint density at radius 2 is 1.77 bits per heavy atom. The lowest BCUT2D eigenvalue weighted by molar-refractivity contribution is 0.540. The van der Waals surface area contributed by atoms with E-state index in [2.05, 4.69) is 0 Å². The molecule has 1 aromatic carbocycles. The summed E-state index contributed by atoms with van der Waals surface area (Å²) >= 11 is 5.59. The van der Waals surface area contributed by atoms with Gasteiger partial charge in [0.2, 0.25) is 0 Å². The second-order valence-electron chi connectivity index (χ2n) is 2.67. The first-order chi connectivity index (χ1) is 5.91. The lowest BCUT2D eigenvalue weighted by Gasteiger charge is -2.05. The molecule has 0 amide bonds. The maximum absolute atomic E-state index is 12.5. The summed E-state index contributed by atoms with van der Waals surface area (Å²) in [4.78, 5) is 0. The molecule has 0 saturated heterocycles. The molecule has 0 N–H and O–H groups in total. The zero-order valence-corrected chi connectivity index (χ0v) is 8.44. The van der Waals surface area contributed by atoms with Crippen molar-refractivity contribution in [1.29, 1.82) is 0 Å². The van der Waals surface area contributed by atoms with Crippen molar-refractivity contribution in [2.45, 2.75) is 12.2 Å². The Morgan fingerprint density at radius 1 is 1.31 bits per heavy atom. The highest BCUT2D eigenvalue weighted by Crippen LogP contribution is 2.24. The third kappa shape index (κ3) is 2.67. The van der Waals surface area contributed by atoms with Crippen LogP contribution in [-0.2, 0) is 10.2 Å². The van der Waals surface area contributed by atoms with E-state index >= 15 is 0 Å². The van der Waals surface area contributed by atoms with Crippen LogP contribution < -0.4 is 0 Å². The topological polar surface area (TPSA) is 34.1 Å². The Bertz CT molecular complexity index is 385. The van der Waals surface area contributed by atoms with Gasteiger partial charge in [0, 0.05) is 5.02 Å². The quantitative estimate of drug-likeness (QED) is 0.721. The Balaban J connectivity index is 3.04. The maximum atomic E-state index is 12.5. The number of halogens is 2. The monoisotopic (exact) mass is 222 g/mol. The molecule has 0 aliphatic carbocycles. The highest BCUT2D eigenvalue weighted by Gasteiger charge is 2.20. The van der Waals surface area contributed by atoms with Crippen molar-refractivity contribution >= 4 is 21.8 Å². The van der Waals surface area contributed by atoms with Crippen LogP contribution in [0.1, 0.15) is 17.7 Å². The summed E-state index contributed by atoms with van der Waals surface area (Å²) in [5.74, 6) is 0. The number of rotatable bonds is 2. The highest BCUT2D eigenvalue weighted by molar-refractivity contribution is 7.86. The molecule has 1 rings (SSSR count). The fraction of sp³-hybridized carbons (Fsp3) is 0.250. The molecule has 1 aromatic rings. The van der Waals surface area contributed by atoms with Gasteiger partial charge < -0.3 is 0 Å². The van der Waals surface area contributed by atoms with E-state index in [1.165, 1.54) is 31.2 Å². The zero-order chi connectivity index (χ0) is 10.1. The molecule has 0 heterocycles. The second-order valence-corrected chi connectivity index (χ2v) is 4.76. The van der Waals surface area contributed by atoms with Gasteiger partial charge in [-0.1, -0.05) is 23.7 Å². The minimum absolute atomic E-state index is 0.395. The predicted molar refractivity (Wildman–Crippen MR) is 49.9 cm³/mol. The van der Waals surface area contributed by atoms with Gasteiger partial charge >= 0.3 is 10.2 Å². The van der Waals surface area contributed by atoms with Crippen LogP contribution in [-0.4, -0.2) is 8.42 Å². The summed E-state index contributed by atoms with van der Waals surface area (Å²) < 4.78 is 33.5. The summed E-state index contributed by atoms with van der Waals surface area (Å²) in [6.45, 7) is 1.29. The molecule has 1 atom stereocenters. The summed E-state index contributed by atoms with van der Waals surface area (Å²) in [5.41, 5.74) is 0.395. The van der Waals surface area contributed by atoms with Gasteiger partial charge in [0.05, 0.1) is 0 Å². The Morgan fingerprint density at radius 3 is 2.15 bits per heavy atom. The van der Waals surface area contributed by atoms with Crippen molar-refractivity contribution in [2.24, 2.45) is 0 Å². The normalized spacial score (nSPS) is 14.1. The van der Waals surface area contributed by atoms with Gasteiger partial charge in [0.25, 0.3) is 0 Å². The van der Waals surface area contributed by atoms with E-state index in [4.69, 9.17) is 11.6 Å². The average molecular weight is 223 g/mol. The standard InChI is InChI=1S/C8H8ClFO2S/c1-6(13(10,11)12)7-2-4-8(9)5-3-7/h2-6H,1H3. The van der Waals surface area contributed by atoms with Crippen LogP contribution in [0.5, 0.6) is 0 Å². The van der Waals surface area contributed by atoms with E-state index in [1.807, 2.05) is 0 Å². The minimum atomic E-state index is -4.51. The second kappa shape index (κ2) is 3.64. The lowest BCUT2D eigenvalue weighted by atomic mass is 10.2. The number of hydrogen-bond donors (Lipinski definition) is 0. The Kier molecular flexibility index (Phi) is 2.93. The smallest absolute Gasteiger partial charge is 0.194 e. The van der Waals surface area contributed by atoms with E-state index < -0.39 is 15.5 Å². The first kappa shape index (κ1) is 10.5. The summed E-state index contributed by atoms with van der Waals surface area (Å²) in [6.07, 6.45) is 0. The summed E-state index contributed by atoms with van der Waals surface area (Å²) in [5, 5.41) is -0.642. The van der Waals surface area contributed by atoms with E-state index in [0.717, 1.165) is 0 Å². The minimum Gasteiger partial charge on any atom is -0.194 e. The van der Waals surface area contributed by atoms with E-state index in [-0.39, 0.29) is 0 Å². The summed E-state index contributed by atoms with van der Waals surface area (Å²) in [7, 11) is -4.51. The van der Waals surface area contributed by atoms with Crippen LogP contribution in [0.25, 0.3) is 0 Å². The Labute approximate surface area is 81.6 Å². The van der Waals surface area contributed by atoms with Crippen LogP contribution in [0.2, 0.25) is 5.02 Å². The molecule has 2 nitrogen and oxygen atoms in total. The van der Waals surface area contributed by atoms with Crippen molar-refractivity contribution in [3.63, 3.8) is 0 Å². The van der Waals surface area contributed by atoms with E-state index in [9.17, 15) is 12.3 Å². The van der Waals surface area contributed by atoms with Crippen LogP contribution in [0.3, 0.4) is 0 Å². The van der Waals surface area contributed by atoms with Gasteiger partial charge in [-0.3, -0.25) is 0 Å². The molecular formula is C8H8ClFO2S. The van der Waals surface area contributed by atoms with Crippen molar-refractivity contribution in [1.82, 2.24) is 0 Å². The van der Waals surface area contributed by atoms with Crippen molar-refractivity contribution in [2.75, 3.05) is 0 Å². The first-order valence-electron chi connectivity index (χ1n) is 3.60. The van der Waals surface area contributed by atoms with Crippen LogP contribution in [0.4, 0.5) is 3.89 Å². The molecule has 0 fully saturated rings. The fourth-order valence-electron chi connectivity index (χ4n) is 0.896. The molecule has 1 unspecified atom stereocenters. The molecule has 0 aliphatic rings. The van der Waals surface area contributed by atoms with Gasteiger partial charge in [-0.2, -0.15) is 8.42 Å². The average Bonchev–Trinajstić information content (AvgIpc) is 2.03. The molecule has 0 bridgehead atoms. The molecule has 0 aromatic heterocycles. The molecule has 0 aliphatic heterocycles. The fourth-order valence-corrected chi connectivity index (χ4v) is 1.50. The summed E-state index contributed by atoms with van der Waals surface area (Å²) in [6, 6.07) is 6.03. The molecular weight excluding hydrogens is 215 g/mol. The first-order valence-corrected chi connectivity index (χ1v) is 5.42. The van der Waals surface area contributed by atoms with Gasteiger partial charge in [-0.25, -0.2) is 0 Å². The van der Waals surface area contributed by atoms with Gasteiger partial charge in [0.1, 0.15) is 5.25 Å².